The van der Waals surface area contributed by atoms with E-state index in [4.69, 9.17) is 24.3 Å². The molecule has 0 saturated heterocycles. The topological polar surface area (TPSA) is 134 Å². The molecule has 3 N–H and O–H groups in total. The average molecular weight is 1080 g/mol. The highest BCUT2D eigenvalue weighted by atomic mass is 31.2. The van der Waals surface area contributed by atoms with Gasteiger partial charge in [-0.05, 0) is 38.5 Å². The van der Waals surface area contributed by atoms with Crippen LogP contribution in [0.1, 0.15) is 348 Å². The van der Waals surface area contributed by atoms with Gasteiger partial charge < -0.3 is 20.1 Å². The molecule has 0 aliphatic carbocycles. The maximum absolute atomic E-state index is 12.6. The second-order valence-corrected chi connectivity index (χ2v) is 23.8. The number of hydrogen-bond acceptors (Lipinski definition) is 8. The van der Waals surface area contributed by atoms with Crippen LogP contribution in [-0.4, -0.2) is 49.3 Å². The third kappa shape index (κ3) is 61.6. The molecule has 0 rings (SSSR count). The van der Waals surface area contributed by atoms with Crippen molar-refractivity contribution in [2.24, 2.45) is 5.73 Å². The number of carbonyl (C=O) groups is 2. The molecule has 0 aromatic rings. The zero-order chi connectivity index (χ0) is 54.5. The Bertz CT molecular complexity index is 1280. The van der Waals surface area contributed by atoms with E-state index < -0.39 is 26.5 Å². The maximum atomic E-state index is 12.6. The molecular weight excluding hydrogens is 954 g/mol. The van der Waals surface area contributed by atoms with Crippen LogP contribution in [-0.2, 0) is 32.7 Å². The van der Waals surface area contributed by atoms with E-state index in [0.29, 0.717) is 6.42 Å². The van der Waals surface area contributed by atoms with E-state index in [1.807, 2.05) is 0 Å². The van der Waals surface area contributed by atoms with Gasteiger partial charge in [0.15, 0.2) is 6.10 Å². The molecule has 0 aromatic carbocycles. The van der Waals surface area contributed by atoms with Gasteiger partial charge in [0.25, 0.3) is 0 Å². The highest BCUT2D eigenvalue weighted by molar-refractivity contribution is 7.47. The molecule has 0 radical (unpaired) electrons. The number of unbranched alkanes of at least 4 members (excludes halogenated alkanes) is 46. The summed E-state index contributed by atoms with van der Waals surface area (Å²) in [6.45, 7) is 3.73. The Morgan fingerprint density at radius 1 is 0.400 bits per heavy atom. The number of allylic oxidation sites excluding steroid dienone is 4. The number of hydrogen-bond donors (Lipinski definition) is 2. The molecule has 0 spiro atoms. The van der Waals surface area contributed by atoms with Crippen LogP contribution in [0.25, 0.3) is 0 Å². The van der Waals surface area contributed by atoms with Crippen molar-refractivity contribution in [1.29, 1.82) is 0 Å². The Labute approximate surface area is 465 Å². The predicted octanol–water partition coefficient (Wildman–Crippen LogP) is 21.0. The Morgan fingerprint density at radius 2 is 0.707 bits per heavy atom. The van der Waals surface area contributed by atoms with Gasteiger partial charge in [-0.15, -0.1) is 0 Å². The van der Waals surface area contributed by atoms with Crippen molar-refractivity contribution >= 4 is 19.8 Å². The van der Waals surface area contributed by atoms with Gasteiger partial charge in [0, 0.05) is 19.4 Å². The first-order valence-corrected chi connectivity index (χ1v) is 34.3. The summed E-state index contributed by atoms with van der Waals surface area (Å²) in [5.41, 5.74) is 5.38. The van der Waals surface area contributed by atoms with Crippen LogP contribution in [0.2, 0.25) is 0 Å². The molecule has 0 bridgehead atoms. The fourth-order valence-corrected chi connectivity index (χ4v) is 10.7. The predicted molar refractivity (Wildman–Crippen MR) is 321 cm³/mol. The molecule has 9 nitrogen and oxygen atoms in total. The monoisotopic (exact) mass is 1080 g/mol. The lowest BCUT2D eigenvalue weighted by Crippen LogP contribution is -2.29. The molecule has 0 aromatic heterocycles. The molecule has 0 saturated carbocycles. The van der Waals surface area contributed by atoms with Gasteiger partial charge in [-0.25, -0.2) is 4.57 Å². The molecular formula is C65H126NO8P. The van der Waals surface area contributed by atoms with Gasteiger partial charge >= 0.3 is 19.8 Å². The van der Waals surface area contributed by atoms with E-state index in [0.717, 1.165) is 64.2 Å². The summed E-state index contributed by atoms with van der Waals surface area (Å²) in [6.07, 6.45) is 74.5. The van der Waals surface area contributed by atoms with Crippen molar-refractivity contribution in [3.05, 3.63) is 24.3 Å². The second-order valence-electron chi connectivity index (χ2n) is 22.3. The summed E-state index contributed by atoms with van der Waals surface area (Å²) in [7, 11) is -4.39. The molecule has 0 amide bonds. The van der Waals surface area contributed by atoms with Crippen LogP contribution in [0.3, 0.4) is 0 Å². The summed E-state index contributed by atoms with van der Waals surface area (Å²) >= 11 is 0. The minimum Gasteiger partial charge on any atom is -0.462 e. The number of esters is 2. The summed E-state index contributed by atoms with van der Waals surface area (Å²) < 4.78 is 33.0. The van der Waals surface area contributed by atoms with E-state index in [9.17, 15) is 19.0 Å². The lowest BCUT2D eigenvalue weighted by Gasteiger charge is -2.19. The van der Waals surface area contributed by atoms with Gasteiger partial charge in [0.1, 0.15) is 6.61 Å². The fraction of sp³-hybridized carbons (Fsp3) is 0.908. The van der Waals surface area contributed by atoms with E-state index in [1.165, 1.54) is 250 Å². The first kappa shape index (κ1) is 73.5. The van der Waals surface area contributed by atoms with Crippen LogP contribution < -0.4 is 5.73 Å². The van der Waals surface area contributed by atoms with Crippen molar-refractivity contribution in [2.45, 2.75) is 354 Å². The minimum absolute atomic E-state index is 0.0528. The molecule has 0 aliphatic rings. The Hall–Kier alpha value is -1.51. The average Bonchev–Trinajstić information content (AvgIpc) is 3.40. The Balaban J connectivity index is 3.68. The van der Waals surface area contributed by atoms with Crippen molar-refractivity contribution in [1.82, 2.24) is 0 Å². The fourth-order valence-electron chi connectivity index (χ4n) is 9.95. The molecule has 2 atom stereocenters. The Kier molecular flexibility index (Phi) is 60.5. The number of carbonyl (C=O) groups excluding carboxylic acids is 2. The highest BCUT2D eigenvalue weighted by Crippen LogP contribution is 2.43. The largest absolute Gasteiger partial charge is 0.472 e. The van der Waals surface area contributed by atoms with Crippen molar-refractivity contribution in [2.75, 3.05) is 26.4 Å². The minimum atomic E-state index is -4.39. The quantitative estimate of drug-likeness (QED) is 0.0264. The summed E-state index contributed by atoms with van der Waals surface area (Å²) in [4.78, 5) is 35.1. The van der Waals surface area contributed by atoms with Crippen LogP contribution in [0, 0.1) is 0 Å². The smallest absolute Gasteiger partial charge is 0.462 e. The molecule has 75 heavy (non-hydrogen) atoms. The van der Waals surface area contributed by atoms with Crippen LogP contribution in [0.4, 0.5) is 0 Å². The van der Waals surface area contributed by atoms with Crippen molar-refractivity contribution in [3.63, 3.8) is 0 Å². The van der Waals surface area contributed by atoms with Crippen LogP contribution in [0.15, 0.2) is 24.3 Å². The van der Waals surface area contributed by atoms with Gasteiger partial charge in [-0.3, -0.25) is 18.6 Å². The van der Waals surface area contributed by atoms with Gasteiger partial charge in [0.2, 0.25) is 0 Å². The first-order valence-electron chi connectivity index (χ1n) is 32.8. The third-order valence-electron chi connectivity index (χ3n) is 14.8. The van der Waals surface area contributed by atoms with Crippen LogP contribution >= 0.6 is 7.82 Å². The lowest BCUT2D eigenvalue weighted by molar-refractivity contribution is -0.161. The lowest BCUT2D eigenvalue weighted by atomic mass is 10.0. The van der Waals surface area contributed by atoms with Gasteiger partial charge in [0.05, 0.1) is 13.2 Å². The SMILES string of the molecule is CCCC/C=C\C/C=C\CCCCCCCC(=O)OC(COC(=O)CCCCCCCCCCCCCCCCCCCCCCCCCCCCCCCCCCCCCCCCCC)COP(=O)(O)OCCN. The van der Waals surface area contributed by atoms with E-state index in [-0.39, 0.29) is 38.6 Å². The second kappa shape index (κ2) is 61.7. The highest BCUT2D eigenvalue weighted by Gasteiger charge is 2.26. The molecule has 2 unspecified atom stereocenters. The van der Waals surface area contributed by atoms with E-state index in [1.54, 1.807) is 0 Å². The molecule has 0 fully saturated rings. The van der Waals surface area contributed by atoms with E-state index >= 15 is 0 Å². The maximum Gasteiger partial charge on any atom is 0.472 e. The summed E-state index contributed by atoms with van der Waals surface area (Å²) in [5, 5.41) is 0. The molecule has 10 heteroatoms. The standard InChI is InChI=1S/C65H126NO8P/c1-3-5-7-9-11-13-15-17-19-20-21-22-23-24-25-26-27-28-29-30-31-32-33-34-35-36-37-38-39-40-41-42-43-44-46-47-49-51-53-55-57-64(67)71-61-63(62-73-75(69,70)72-60-59-66)74-65(68)58-56-54-52-50-48-45-18-16-14-12-10-8-6-4-2/h10,12,16,18,63H,3-9,11,13-15,17,19-62,66H2,1-2H3,(H,69,70)/b12-10-,18-16-. The summed E-state index contributed by atoms with van der Waals surface area (Å²) in [5.74, 6) is -0.829. The van der Waals surface area contributed by atoms with Gasteiger partial charge in [-0.2, -0.15) is 0 Å². The summed E-state index contributed by atoms with van der Waals surface area (Å²) in [6, 6.07) is 0. The number of ether oxygens (including phenoxy) is 2. The zero-order valence-electron chi connectivity index (χ0n) is 49.8. The first-order chi connectivity index (χ1) is 36.8. The Morgan fingerprint density at radius 3 is 1.05 bits per heavy atom. The number of phosphoric acid groups is 1. The molecule has 0 heterocycles. The number of nitrogens with two attached hydrogens (primary N) is 1. The normalized spacial score (nSPS) is 13.1. The van der Waals surface area contributed by atoms with Gasteiger partial charge in [-0.1, -0.05) is 321 Å². The molecule has 0 aliphatic heterocycles. The molecule has 444 valence electrons. The zero-order valence-corrected chi connectivity index (χ0v) is 50.7. The third-order valence-corrected chi connectivity index (χ3v) is 15.8. The van der Waals surface area contributed by atoms with E-state index in [2.05, 4.69) is 38.2 Å². The van der Waals surface area contributed by atoms with Crippen molar-refractivity contribution in [3.8, 4) is 0 Å². The van der Waals surface area contributed by atoms with Crippen LogP contribution in [0.5, 0.6) is 0 Å². The number of rotatable bonds is 63. The number of phosphoric ester groups is 1. The van der Waals surface area contributed by atoms with Crippen molar-refractivity contribution < 1.29 is 37.6 Å².